The number of aryl methyl sites for hydroxylation is 1. The van der Waals surface area contributed by atoms with E-state index >= 15 is 0 Å². The van der Waals surface area contributed by atoms with E-state index in [-0.39, 0.29) is 18.4 Å². The number of alkyl halides is 3. The van der Waals surface area contributed by atoms with Crippen LogP contribution >= 0.6 is 0 Å². The van der Waals surface area contributed by atoms with Gasteiger partial charge >= 0.3 is 6.18 Å². The van der Waals surface area contributed by atoms with Crippen LogP contribution in [-0.4, -0.2) is 53.1 Å². The third-order valence-corrected chi connectivity index (χ3v) is 4.37. The molecule has 1 aromatic rings. The maximum Gasteiger partial charge on any atom is 0.408 e. The molecule has 2 rings (SSSR count). The van der Waals surface area contributed by atoms with E-state index < -0.39 is 12.7 Å². The summed E-state index contributed by atoms with van der Waals surface area (Å²) in [6.45, 7) is 3.29. The Morgan fingerprint density at radius 1 is 1.38 bits per heavy atom. The van der Waals surface area contributed by atoms with Gasteiger partial charge in [-0.2, -0.15) is 18.3 Å². The zero-order valence-electron chi connectivity index (χ0n) is 14.3. The van der Waals surface area contributed by atoms with Gasteiger partial charge in [0.05, 0.1) is 18.2 Å². The SMILES string of the molecule is Cc1nn(CC(F)(F)F)c(C)c1CC(=O)N(C)C[C@H]1CCCCO1. The molecule has 1 aliphatic rings. The monoisotopic (exact) mass is 347 g/mol. The molecule has 0 aromatic carbocycles. The number of hydrogen-bond acceptors (Lipinski definition) is 3. The number of nitrogens with zero attached hydrogens (tertiary/aromatic N) is 3. The van der Waals surface area contributed by atoms with Crippen molar-refractivity contribution in [2.75, 3.05) is 20.2 Å². The molecule has 136 valence electrons. The molecule has 0 aliphatic carbocycles. The molecule has 1 aromatic heterocycles. The Balaban J connectivity index is 2.00. The number of rotatable bonds is 5. The molecular formula is C16H24F3N3O2. The van der Waals surface area contributed by atoms with Crippen molar-refractivity contribution in [3.05, 3.63) is 17.0 Å². The first kappa shape index (κ1) is 18.8. The van der Waals surface area contributed by atoms with Crippen molar-refractivity contribution < 1.29 is 22.7 Å². The minimum absolute atomic E-state index is 0.0443. The first-order valence-electron chi connectivity index (χ1n) is 8.12. The summed E-state index contributed by atoms with van der Waals surface area (Å²) in [6, 6.07) is 0. The number of amides is 1. The minimum Gasteiger partial charge on any atom is -0.376 e. The predicted molar refractivity (Wildman–Crippen MR) is 82.7 cm³/mol. The highest BCUT2D eigenvalue weighted by molar-refractivity contribution is 5.79. The summed E-state index contributed by atoms with van der Waals surface area (Å²) < 4.78 is 44.2. The number of aromatic nitrogens is 2. The summed E-state index contributed by atoms with van der Waals surface area (Å²) in [5.41, 5.74) is 1.42. The highest BCUT2D eigenvalue weighted by Crippen LogP contribution is 2.22. The third kappa shape index (κ3) is 4.96. The van der Waals surface area contributed by atoms with Crippen molar-refractivity contribution in [3.63, 3.8) is 0 Å². The number of hydrogen-bond donors (Lipinski definition) is 0. The summed E-state index contributed by atoms with van der Waals surface area (Å²) >= 11 is 0. The van der Waals surface area contributed by atoms with Gasteiger partial charge in [0.15, 0.2) is 0 Å². The zero-order valence-corrected chi connectivity index (χ0v) is 14.3. The lowest BCUT2D eigenvalue weighted by atomic mass is 10.1. The molecule has 0 spiro atoms. The van der Waals surface area contributed by atoms with Gasteiger partial charge in [-0.15, -0.1) is 0 Å². The zero-order chi connectivity index (χ0) is 17.9. The smallest absolute Gasteiger partial charge is 0.376 e. The Labute approximate surface area is 139 Å². The van der Waals surface area contributed by atoms with Gasteiger partial charge in [-0.3, -0.25) is 9.48 Å². The average molecular weight is 347 g/mol. The van der Waals surface area contributed by atoms with E-state index in [9.17, 15) is 18.0 Å². The Bertz CT molecular complexity index is 578. The number of carbonyl (C=O) groups excluding carboxylic acids is 1. The van der Waals surface area contributed by atoms with Gasteiger partial charge in [-0.05, 0) is 33.1 Å². The maximum absolute atomic E-state index is 12.6. The molecule has 0 unspecified atom stereocenters. The second kappa shape index (κ2) is 7.55. The topological polar surface area (TPSA) is 47.4 Å². The van der Waals surface area contributed by atoms with E-state index in [1.54, 1.807) is 25.8 Å². The minimum atomic E-state index is -4.33. The lowest BCUT2D eigenvalue weighted by molar-refractivity contribution is -0.143. The van der Waals surface area contributed by atoms with Gasteiger partial charge in [-0.25, -0.2) is 0 Å². The highest BCUT2D eigenvalue weighted by atomic mass is 19.4. The first-order valence-corrected chi connectivity index (χ1v) is 8.12. The van der Waals surface area contributed by atoms with Crippen LogP contribution in [0.25, 0.3) is 0 Å². The van der Waals surface area contributed by atoms with E-state index in [2.05, 4.69) is 5.10 Å². The molecule has 24 heavy (non-hydrogen) atoms. The van der Waals surface area contributed by atoms with Crippen LogP contribution in [0.2, 0.25) is 0 Å². The van der Waals surface area contributed by atoms with Crippen molar-refractivity contribution in [3.8, 4) is 0 Å². The van der Waals surface area contributed by atoms with Crippen molar-refractivity contribution in [1.29, 1.82) is 0 Å². The molecule has 2 heterocycles. The van der Waals surface area contributed by atoms with Gasteiger partial charge in [-0.1, -0.05) is 0 Å². The maximum atomic E-state index is 12.6. The summed E-state index contributed by atoms with van der Waals surface area (Å²) in [5, 5.41) is 3.92. The third-order valence-electron chi connectivity index (χ3n) is 4.37. The van der Waals surface area contributed by atoms with Crippen LogP contribution in [0.1, 0.15) is 36.2 Å². The van der Waals surface area contributed by atoms with Crippen molar-refractivity contribution in [1.82, 2.24) is 14.7 Å². The quantitative estimate of drug-likeness (QED) is 0.823. The molecular weight excluding hydrogens is 323 g/mol. The summed E-state index contributed by atoms with van der Waals surface area (Å²) in [6.07, 6.45) is -1.17. The Morgan fingerprint density at radius 2 is 2.08 bits per heavy atom. The molecule has 0 radical (unpaired) electrons. The Hall–Kier alpha value is -1.57. The van der Waals surface area contributed by atoms with Crippen molar-refractivity contribution >= 4 is 5.91 Å². The van der Waals surface area contributed by atoms with Gasteiger partial charge in [0.2, 0.25) is 5.91 Å². The van der Waals surface area contributed by atoms with Gasteiger partial charge in [0, 0.05) is 31.5 Å². The fourth-order valence-electron chi connectivity index (χ4n) is 2.96. The van der Waals surface area contributed by atoms with Crippen molar-refractivity contribution in [2.45, 2.75) is 58.4 Å². The summed E-state index contributed by atoms with van der Waals surface area (Å²) in [7, 11) is 1.70. The molecule has 1 aliphatic heterocycles. The Morgan fingerprint density at radius 3 is 2.67 bits per heavy atom. The highest BCUT2D eigenvalue weighted by Gasteiger charge is 2.30. The fraction of sp³-hybridized carbons (Fsp3) is 0.750. The molecule has 1 saturated heterocycles. The predicted octanol–water partition coefficient (Wildman–Crippen LogP) is 2.63. The van der Waals surface area contributed by atoms with E-state index in [0.29, 0.717) is 23.5 Å². The largest absolute Gasteiger partial charge is 0.408 e. The van der Waals surface area contributed by atoms with Gasteiger partial charge in [0.25, 0.3) is 0 Å². The summed E-state index contributed by atoms with van der Waals surface area (Å²) in [4.78, 5) is 14.0. The second-order valence-corrected chi connectivity index (χ2v) is 6.36. The van der Waals surface area contributed by atoms with Crippen LogP contribution in [0.3, 0.4) is 0 Å². The van der Waals surface area contributed by atoms with Crippen LogP contribution in [0.5, 0.6) is 0 Å². The van der Waals surface area contributed by atoms with E-state index in [0.717, 1.165) is 30.6 Å². The number of halogens is 3. The fourth-order valence-corrected chi connectivity index (χ4v) is 2.96. The van der Waals surface area contributed by atoms with Crippen LogP contribution in [0.15, 0.2) is 0 Å². The molecule has 1 amide bonds. The molecule has 1 atom stereocenters. The van der Waals surface area contributed by atoms with E-state index in [1.165, 1.54) is 0 Å². The molecule has 8 heteroatoms. The normalized spacial score (nSPS) is 18.7. The molecule has 1 fully saturated rings. The number of ether oxygens (including phenoxy) is 1. The van der Waals surface area contributed by atoms with Crippen LogP contribution in [-0.2, 0) is 22.5 Å². The average Bonchev–Trinajstić information content (AvgIpc) is 2.74. The first-order chi connectivity index (χ1) is 11.2. The number of likely N-dealkylation sites (N-methyl/N-ethyl adjacent to an activating group) is 1. The van der Waals surface area contributed by atoms with Crippen LogP contribution in [0.4, 0.5) is 13.2 Å². The van der Waals surface area contributed by atoms with Gasteiger partial charge in [0.1, 0.15) is 6.54 Å². The van der Waals surface area contributed by atoms with Crippen LogP contribution < -0.4 is 0 Å². The second-order valence-electron chi connectivity index (χ2n) is 6.36. The molecule has 0 bridgehead atoms. The number of carbonyl (C=O) groups is 1. The standard InChI is InChI=1S/C16H24F3N3O2/c1-11-14(12(2)22(20-11)10-16(17,18)19)8-15(23)21(3)9-13-6-4-5-7-24-13/h13H,4-10H2,1-3H3/t13-/m1/s1. The van der Waals surface area contributed by atoms with E-state index in [4.69, 9.17) is 4.74 Å². The summed E-state index contributed by atoms with van der Waals surface area (Å²) in [5.74, 6) is -0.137. The lowest BCUT2D eigenvalue weighted by Crippen LogP contribution is -2.38. The van der Waals surface area contributed by atoms with Gasteiger partial charge < -0.3 is 9.64 Å². The van der Waals surface area contributed by atoms with E-state index in [1.807, 2.05) is 0 Å². The Kier molecular flexibility index (Phi) is 5.90. The van der Waals surface area contributed by atoms with Crippen molar-refractivity contribution in [2.24, 2.45) is 0 Å². The molecule has 0 saturated carbocycles. The van der Waals surface area contributed by atoms with Crippen LogP contribution in [0, 0.1) is 13.8 Å². The molecule has 5 nitrogen and oxygen atoms in total. The molecule has 0 N–H and O–H groups in total. The lowest BCUT2D eigenvalue weighted by Gasteiger charge is -2.27.